The number of hydrogen-bond acceptors (Lipinski definition) is 4. The largest absolute Gasteiger partial charge is 0.380 e. The number of pyridine rings is 1. The van der Waals surface area contributed by atoms with Gasteiger partial charge in [-0.1, -0.05) is 56.9 Å². The molecule has 31 heavy (non-hydrogen) atoms. The van der Waals surface area contributed by atoms with Crippen molar-refractivity contribution < 1.29 is 10.2 Å². The Morgan fingerprint density at radius 1 is 1.06 bits per heavy atom. The van der Waals surface area contributed by atoms with Crippen LogP contribution in [0.15, 0.2) is 42.7 Å². The summed E-state index contributed by atoms with van der Waals surface area (Å²) in [6.07, 6.45) is 6.96. The zero-order valence-electron chi connectivity index (χ0n) is 19.2. The molecule has 2 N–H and O–H groups in total. The van der Waals surface area contributed by atoms with Crippen LogP contribution in [0.2, 0.25) is 0 Å². The Morgan fingerprint density at radius 3 is 2.29 bits per heavy atom. The molecular weight excluding hydrogens is 384 g/mol. The number of aromatic nitrogens is 1. The summed E-state index contributed by atoms with van der Waals surface area (Å²) in [5.41, 5.74) is 1.22. The summed E-state index contributed by atoms with van der Waals surface area (Å²) in [5, 5.41) is 22.9. The second-order valence-electron chi connectivity index (χ2n) is 10.2. The van der Waals surface area contributed by atoms with E-state index in [0.29, 0.717) is 5.92 Å². The Hall–Kier alpha value is -2.19. The summed E-state index contributed by atoms with van der Waals surface area (Å²) in [6.45, 7) is 8.08. The molecule has 1 saturated heterocycles. The van der Waals surface area contributed by atoms with Crippen LogP contribution in [0.1, 0.15) is 74.6 Å². The average molecular weight is 419 g/mol. The highest BCUT2D eigenvalue weighted by atomic mass is 16.3. The molecule has 2 fully saturated rings. The van der Waals surface area contributed by atoms with Crippen molar-refractivity contribution in [3.05, 3.63) is 65.0 Å². The van der Waals surface area contributed by atoms with Crippen LogP contribution < -0.4 is 0 Å². The Kier molecular flexibility index (Phi) is 5.72. The number of aliphatic hydroxyl groups is 2. The highest BCUT2D eigenvalue weighted by Crippen LogP contribution is 2.50. The van der Waals surface area contributed by atoms with E-state index in [2.05, 4.69) is 73.8 Å². The van der Waals surface area contributed by atoms with Gasteiger partial charge in [0.2, 0.25) is 0 Å². The molecule has 1 aromatic carbocycles. The van der Waals surface area contributed by atoms with Gasteiger partial charge in [-0.15, -0.1) is 0 Å². The van der Waals surface area contributed by atoms with Gasteiger partial charge in [-0.2, -0.15) is 0 Å². The van der Waals surface area contributed by atoms with Gasteiger partial charge in [0.1, 0.15) is 11.2 Å². The minimum atomic E-state index is -1.18. The number of hydrogen-bond donors (Lipinski definition) is 2. The van der Waals surface area contributed by atoms with E-state index in [1.54, 1.807) is 12.4 Å². The molecule has 0 radical (unpaired) electrons. The summed E-state index contributed by atoms with van der Waals surface area (Å²) in [5.74, 6) is 6.63. The van der Waals surface area contributed by atoms with E-state index in [4.69, 9.17) is 0 Å². The summed E-state index contributed by atoms with van der Waals surface area (Å²) in [7, 11) is 2.08. The smallest absolute Gasteiger partial charge is 0.125 e. The maximum atomic E-state index is 12.3. The molecule has 2 heterocycles. The Labute approximate surface area is 186 Å². The number of benzene rings is 1. The second kappa shape index (κ2) is 8.06. The molecule has 164 valence electrons. The first-order valence-electron chi connectivity index (χ1n) is 11.4. The third-order valence-corrected chi connectivity index (χ3v) is 7.13. The third kappa shape index (κ3) is 4.03. The molecule has 0 spiro atoms. The Balaban J connectivity index is 1.75. The van der Waals surface area contributed by atoms with Gasteiger partial charge >= 0.3 is 0 Å². The molecule has 1 atom stereocenters. The lowest BCUT2D eigenvalue weighted by Gasteiger charge is -2.55. The standard InChI is InChI=1S/C27H34N2O2/c1-20(2)22-7-9-23(10-8-22)27(31,25(3)18-29(4)19-25)24-15-21(16-28-17-24)11-14-26(30)12-5-6-13-26/h7-10,15-17,20,30-31H,5-6,12-13,18-19H2,1-4H3. The van der Waals surface area contributed by atoms with Gasteiger partial charge in [0.05, 0.1) is 0 Å². The van der Waals surface area contributed by atoms with Crippen molar-refractivity contribution in [1.82, 2.24) is 9.88 Å². The van der Waals surface area contributed by atoms with Crippen LogP contribution in [0.4, 0.5) is 0 Å². The van der Waals surface area contributed by atoms with Gasteiger partial charge in [-0.3, -0.25) is 4.98 Å². The predicted octanol–water partition coefficient (Wildman–Crippen LogP) is 4.05. The van der Waals surface area contributed by atoms with Crippen molar-refractivity contribution >= 4 is 0 Å². The van der Waals surface area contributed by atoms with Gasteiger partial charge < -0.3 is 15.1 Å². The number of likely N-dealkylation sites (tertiary alicyclic amines) is 1. The van der Waals surface area contributed by atoms with E-state index < -0.39 is 11.2 Å². The molecule has 1 aliphatic heterocycles. The molecule has 1 aromatic heterocycles. The Morgan fingerprint density at radius 2 is 1.71 bits per heavy atom. The topological polar surface area (TPSA) is 56.6 Å². The zero-order valence-corrected chi connectivity index (χ0v) is 19.2. The fourth-order valence-electron chi connectivity index (χ4n) is 5.33. The summed E-state index contributed by atoms with van der Waals surface area (Å²) < 4.78 is 0. The van der Waals surface area contributed by atoms with Crippen LogP contribution in [-0.2, 0) is 5.60 Å². The molecule has 2 aromatic rings. The first-order valence-corrected chi connectivity index (χ1v) is 11.4. The maximum Gasteiger partial charge on any atom is 0.125 e. The lowest BCUT2D eigenvalue weighted by molar-refractivity contribution is -0.127. The second-order valence-corrected chi connectivity index (χ2v) is 10.2. The van der Waals surface area contributed by atoms with Gasteiger partial charge in [-0.25, -0.2) is 0 Å². The molecule has 4 rings (SSSR count). The molecule has 2 aliphatic rings. The van der Waals surface area contributed by atoms with E-state index in [1.807, 2.05) is 6.07 Å². The van der Waals surface area contributed by atoms with E-state index >= 15 is 0 Å². The minimum Gasteiger partial charge on any atom is -0.380 e. The molecule has 1 saturated carbocycles. The van der Waals surface area contributed by atoms with Crippen LogP contribution in [0.3, 0.4) is 0 Å². The van der Waals surface area contributed by atoms with Crippen molar-refractivity contribution in [2.45, 2.75) is 63.6 Å². The first kappa shape index (κ1) is 22.0. The van der Waals surface area contributed by atoms with Crippen LogP contribution in [0.5, 0.6) is 0 Å². The normalized spacial score (nSPS) is 21.8. The summed E-state index contributed by atoms with van der Waals surface area (Å²) in [6, 6.07) is 10.3. The van der Waals surface area contributed by atoms with Gasteiger partial charge in [0.25, 0.3) is 0 Å². The van der Waals surface area contributed by atoms with Crippen LogP contribution in [0.25, 0.3) is 0 Å². The first-order chi connectivity index (χ1) is 14.7. The van der Waals surface area contributed by atoms with E-state index in [1.165, 1.54) is 5.56 Å². The van der Waals surface area contributed by atoms with Crippen molar-refractivity contribution in [1.29, 1.82) is 0 Å². The zero-order chi connectivity index (χ0) is 22.3. The van der Waals surface area contributed by atoms with Crippen molar-refractivity contribution in [2.75, 3.05) is 20.1 Å². The number of rotatable bonds is 4. The van der Waals surface area contributed by atoms with Crippen molar-refractivity contribution in [3.63, 3.8) is 0 Å². The van der Waals surface area contributed by atoms with Crippen molar-refractivity contribution in [2.24, 2.45) is 5.41 Å². The van der Waals surface area contributed by atoms with Gasteiger partial charge in [-0.05, 0) is 55.8 Å². The van der Waals surface area contributed by atoms with Gasteiger partial charge in [0.15, 0.2) is 0 Å². The lowest BCUT2D eigenvalue weighted by Crippen LogP contribution is -2.63. The summed E-state index contributed by atoms with van der Waals surface area (Å²) >= 11 is 0. The molecule has 4 nitrogen and oxygen atoms in total. The Bertz CT molecular complexity index is 990. The number of nitrogens with zero attached hydrogens (tertiary/aromatic N) is 2. The molecule has 1 aliphatic carbocycles. The highest BCUT2D eigenvalue weighted by molar-refractivity contribution is 5.45. The quantitative estimate of drug-likeness (QED) is 0.736. The lowest BCUT2D eigenvalue weighted by atomic mass is 9.62. The molecule has 0 bridgehead atoms. The SMILES string of the molecule is CC(C)c1ccc(C(O)(c2cncc(C#CC3(O)CCCC3)c2)C2(C)CN(C)C2)cc1. The minimum absolute atomic E-state index is 0.335. The molecule has 1 unspecified atom stereocenters. The van der Waals surface area contributed by atoms with Crippen LogP contribution in [-0.4, -0.2) is 45.8 Å². The van der Waals surface area contributed by atoms with Gasteiger partial charge in [0, 0.05) is 42.0 Å². The van der Waals surface area contributed by atoms with E-state index in [-0.39, 0.29) is 5.41 Å². The van der Waals surface area contributed by atoms with Crippen LogP contribution in [0, 0.1) is 17.3 Å². The average Bonchev–Trinajstić information content (AvgIpc) is 3.17. The fourth-order valence-corrected chi connectivity index (χ4v) is 5.33. The van der Waals surface area contributed by atoms with E-state index in [0.717, 1.165) is 55.5 Å². The third-order valence-electron chi connectivity index (χ3n) is 7.13. The maximum absolute atomic E-state index is 12.3. The monoisotopic (exact) mass is 418 g/mol. The predicted molar refractivity (Wildman–Crippen MR) is 124 cm³/mol. The molecule has 4 heteroatoms. The molecule has 0 amide bonds. The highest BCUT2D eigenvalue weighted by Gasteiger charge is 2.55. The summed E-state index contributed by atoms with van der Waals surface area (Å²) in [4.78, 5) is 6.65. The fraction of sp³-hybridized carbons (Fsp3) is 0.519. The molecular formula is C27H34N2O2. The van der Waals surface area contributed by atoms with Crippen LogP contribution >= 0.6 is 0 Å². The van der Waals surface area contributed by atoms with E-state index in [9.17, 15) is 10.2 Å². The van der Waals surface area contributed by atoms with Crippen molar-refractivity contribution in [3.8, 4) is 11.8 Å².